The van der Waals surface area contributed by atoms with Gasteiger partial charge in [-0.05, 0) is 40.9 Å². The smallest absolute Gasteiger partial charge is 0.329 e. The minimum Gasteiger partial charge on any atom is -0.480 e. The van der Waals surface area contributed by atoms with Gasteiger partial charge in [-0.3, -0.25) is 4.79 Å². The molecule has 1 saturated carbocycles. The van der Waals surface area contributed by atoms with Crippen molar-refractivity contribution in [2.75, 3.05) is 0 Å². The van der Waals surface area contributed by atoms with Crippen molar-refractivity contribution in [3.63, 3.8) is 0 Å². The van der Waals surface area contributed by atoms with Crippen LogP contribution in [-0.2, 0) is 4.79 Å². The van der Waals surface area contributed by atoms with E-state index in [1.807, 2.05) is 18.2 Å². The fourth-order valence-corrected chi connectivity index (χ4v) is 3.25. The molecule has 5 nitrogen and oxygen atoms in total. The Hall–Kier alpha value is -1.82. The van der Waals surface area contributed by atoms with Gasteiger partial charge in [0, 0.05) is 5.39 Å². The standard InChI is InChI=1S/C15H14BrNO4/c16-10-5-3-4-9-8-11(21-12(9)10)13(18)17-15(14(19)20)6-1-2-7-15/h3-5,8H,1-2,6-7H2,(H,17,18)(H,19,20). The van der Waals surface area contributed by atoms with Gasteiger partial charge < -0.3 is 14.8 Å². The van der Waals surface area contributed by atoms with Crippen LogP contribution in [0, 0.1) is 0 Å². The minimum absolute atomic E-state index is 0.129. The first kappa shape index (κ1) is 14.1. The van der Waals surface area contributed by atoms with Gasteiger partial charge in [-0.1, -0.05) is 25.0 Å². The number of hydrogen-bond donors (Lipinski definition) is 2. The molecule has 2 aromatic rings. The quantitative estimate of drug-likeness (QED) is 0.888. The van der Waals surface area contributed by atoms with E-state index in [9.17, 15) is 14.7 Å². The lowest BCUT2D eigenvalue weighted by atomic mass is 9.98. The summed E-state index contributed by atoms with van der Waals surface area (Å²) in [7, 11) is 0. The Bertz CT molecular complexity index is 716. The molecule has 1 aromatic carbocycles. The second-order valence-corrected chi connectivity index (χ2v) is 6.17. The van der Waals surface area contributed by atoms with E-state index in [2.05, 4.69) is 21.2 Å². The molecule has 110 valence electrons. The van der Waals surface area contributed by atoms with Gasteiger partial charge in [0.2, 0.25) is 0 Å². The highest BCUT2D eigenvalue weighted by Gasteiger charge is 2.43. The highest BCUT2D eigenvalue weighted by atomic mass is 79.9. The Morgan fingerprint density at radius 2 is 2.00 bits per heavy atom. The van der Waals surface area contributed by atoms with Gasteiger partial charge in [0.15, 0.2) is 5.76 Å². The molecule has 1 aliphatic carbocycles. The van der Waals surface area contributed by atoms with Crippen molar-refractivity contribution in [3.8, 4) is 0 Å². The molecule has 6 heteroatoms. The van der Waals surface area contributed by atoms with Crippen molar-refractivity contribution in [1.82, 2.24) is 5.32 Å². The topological polar surface area (TPSA) is 79.5 Å². The number of halogens is 1. The van der Waals surface area contributed by atoms with E-state index in [0.29, 0.717) is 18.4 Å². The molecule has 1 aliphatic rings. The zero-order valence-electron chi connectivity index (χ0n) is 11.2. The molecule has 0 radical (unpaired) electrons. The number of furan rings is 1. The number of carboxylic acids is 1. The first-order valence-corrected chi connectivity index (χ1v) is 7.55. The van der Waals surface area contributed by atoms with Crippen molar-refractivity contribution in [1.29, 1.82) is 0 Å². The van der Waals surface area contributed by atoms with Gasteiger partial charge in [-0.25, -0.2) is 4.79 Å². The predicted molar refractivity (Wildman–Crippen MR) is 80.2 cm³/mol. The van der Waals surface area contributed by atoms with E-state index in [0.717, 1.165) is 22.7 Å². The maximum Gasteiger partial charge on any atom is 0.329 e. The Balaban J connectivity index is 1.90. The highest BCUT2D eigenvalue weighted by Crippen LogP contribution is 2.31. The van der Waals surface area contributed by atoms with E-state index >= 15 is 0 Å². The first-order valence-electron chi connectivity index (χ1n) is 6.76. The Kier molecular flexibility index (Phi) is 3.49. The van der Waals surface area contributed by atoms with Gasteiger partial charge >= 0.3 is 5.97 Å². The van der Waals surface area contributed by atoms with Crippen molar-refractivity contribution in [2.45, 2.75) is 31.2 Å². The molecule has 3 rings (SSSR count). The molecule has 0 unspecified atom stereocenters. The van der Waals surface area contributed by atoms with Crippen molar-refractivity contribution < 1.29 is 19.1 Å². The molecule has 0 aliphatic heterocycles. The molecule has 1 aromatic heterocycles. The highest BCUT2D eigenvalue weighted by molar-refractivity contribution is 9.10. The van der Waals surface area contributed by atoms with Crippen molar-refractivity contribution >= 4 is 38.8 Å². The van der Waals surface area contributed by atoms with Crippen LogP contribution in [0.4, 0.5) is 0 Å². The third kappa shape index (κ3) is 2.44. The zero-order valence-corrected chi connectivity index (χ0v) is 12.8. The van der Waals surface area contributed by atoms with E-state index < -0.39 is 17.4 Å². The molecule has 21 heavy (non-hydrogen) atoms. The summed E-state index contributed by atoms with van der Waals surface area (Å²) in [6, 6.07) is 7.13. The predicted octanol–water partition coefficient (Wildman–Crippen LogP) is 3.32. The normalized spacial score (nSPS) is 17.0. The van der Waals surface area contributed by atoms with Crippen LogP contribution in [0.5, 0.6) is 0 Å². The lowest BCUT2D eigenvalue weighted by Gasteiger charge is -2.24. The van der Waals surface area contributed by atoms with Crippen LogP contribution in [0.3, 0.4) is 0 Å². The summed E-state index contributed by atoms with van der Waals surface area (Å²) < 4.78 is 6.30. The first-order chi connectivity index (χ1) is 10.0. The van der Waals surface area contributed by atoms with E-state index in [1.165, 1.54) is 0 Å². The van der Waals surface area contributed by atoms with E-state index in [1.54, 1.807) is 6.07 Å². The second-order valence-electron chi connectivity index (χ2n) is 5.32. The largest absolute Gasteiger partial charge is 0.480 e. The number of carbonyl (C=O) groups excluding carboxylic acids is 1. The lowest BCUT2D eigenvalue weighted by Crippen LogP contribution is -2.52. The number of aliphatic carboxylic acids is 1. The van der Waals surface area contributed by atoms with Gasteiger partial charge in [0.05, 0.1) is 4.47 Å². The number of amides is 1. The summed E-state index contributed by atoms with van der Waals surface area (Å²) in [5.41, 5.74) is -0.578. The fraction of sp³-hybridized carbons (Fsp3) is 0.333. The summed E-state index contributed by atoms with van der Waals surface area (Å²) in [5, 5.41) is 12.8. The van der Waals surface area contributed by atoms with Gasteiger partial charge in [0.25, 0.3) is 5.91 Å². The molecule has 0 atom stereocenters. The maximum atomic E-state index is 12.3. The molecule has 1 heterocycles. The van der Waals surface area contributed by atoms with Crippen LogP contribution < -0.4 is 5.32 Å². The third-order valence-electron chi connectivity index (χ3n) is 3.94. The van der Waals surface area contributed by atoms with Crippen LogP contribution in [-0.4, -0.2) is 22.5 Å². The number of fused-ring (bicyclic) bond motifs is 1. The summed E-state index contributed by atoms with van der Waals surface area (Å²) >= 11 is 3.36. The number of para-hydroxylation sites is 1. The minimum atomic E-state index is -1.16. The van der Waals surface area contributed by atoms with E-state index in [-0.39, 0.29) is 5.76 Å². The summed E-state index contributed by atoms with van der Waals surface area (Å²) in [6.45, 7) is 0. The van der Waals surface area contributed by atoms with Crippen molar-refractivity contribution in [2.24, 2.45) is 0 Å². The molecule has 0 spiro atoms. The van der Waals surface area contributed by atoms with Crippen LogP contribution in [0.25, 0.3) is 11.0 Å². The number of carbonyl (C=O) groups is 2. The molecule has 1 fully saturated rings. The molecular weight excluding hydrogens is 338 g/mol. The Labute approximate surface area is 129 Å². The summed E-state index contributed by atoms with van der Waals surface area (Å²) in [4.78, 5) is 23.8. The Morgan fingerprint density at radius 1 is 1.29 bits per heavy atom. The van der Waals surface area contributed by atoms with Crippen LogP contribution in [0.2, 0.25) is 0 Å². The average molecular weight is 352 g/mol. The van der Waals surface area contributed by atoms with Crippen molar-refractivity contribution in [3.05, 3.63) is 34.5 Å². The van der Waals surface area contributed by atoms with Crippen LogP contribution in [0.1, 0.15) is 36.2 Å². The second kappa shape index (κ2) is 5.18. The van der Waals surface area contributed by atoms with Gasteiger partial charge in [-0.15, -0.1) is 0 Å². The molecule has 0 saturated heterocycles. The van der Waals surface area contributed by atoms with E-state index in [4.69, 9.17) is 4.42 Å². The molecule has 1 amide bonds. The van der Waals surface area contributed by atoms with Gasteiger partial charge in [-0.2, -0.15) is 0 Å². The summed E-state index contributed by atoms with van der Waals surface area (Å²) in [6.07, 6.45) is 2.52. The van der Waals surface area contributed by atoms with Gasteiger partial charge in [0.1, 0.15) is 11.1 Å². The lowest BCUT2D eigenvalue weighted by molar-refractivity contribution is -0.144. The Morgan fingerprint density at radius 3 is 2.62 bits per heavy atom. The van der Waals surface area contributed by atoms with Crippen LogP contribution in [0.15, 0.2) is 33.2 Å². The summed E-state index contributed by atoms with van der Waals surface area (Å²) in [5.74, 6) is -1.34. The third-order valence-corrected chi connectivity index (χ3v) is 4.56. The number of carboxylic acid groups (broad SMARTS) is 1. The monoisotopic (exact) mass is 351 g/mol. The molecular formula is C15H14BrNO4. The molecule has 0 bridgehead atoms. The fourth-order valence-electron chi connectivity index (χ4n) is 2.79. The van der Waals surface area contributed by atoms with Crippen LogP contribution >= 0.6 is 15.9 Å². The zero-order chi connectivity index (χ0) is 15.0. The number of hydrogen-bond acceptors (Lipinski definition) is 3. The number of rotatable bonds is 3. The SMILES string of the molecule is O=C(NC1(C(=O)O)CCCC1)c1cc2cccc(Br)c2o1. The number of benzene rings is 1. The maximum absolute atomic E-state index is 12.3. The number of nitrogens with one attached hydrogen (secondary N) is 1. The molecule has 2 N–H and O–H groups in total. The average Bonchev–Trinajstić information content (AvgIpc) is 3.06.